The summed E-state index contributed by atoms with van der Waals surface area (Å²) < 4.78 is 5.58. The molecule has 0 aromatic carbocycles. The van der Waals surface area contributed by atoms with E-state index in [0.29, 0.717) is 0 Å². The number of allylic oxidation sites excluding steroid dienone is 2. The molecule has 0 saturated carbocycles. The molecule has 66 valence electrons. The third-order valence-corrected chi connectivity index (χ3v) is 3.60. The van der Waals surface area contributed by atoms with Gasteiger partial charge in [-0.2, -0.15) is 11.8 Å². The molecule has 1 amide bonds. The Morgan fingerprint density at radius 1 is 1.50 bits per heavy atom. The molecule has 3 nitrogen and oxygen atoms in total. The average molecular weight is 185 g/mol. The number of rotatable bonds is 0. The van der Waals surface area contributed by atoms with Crippen LogP contribution in [0.4, 0.5) is 0 Å². The molecule has 0 unspecified atom stereocenters. The number of amides is 1. The van der Waals surface area contributed by atoms with Crippen LogP contribution in [0.2, 0.25) is 0 Å². The van der Waals surface area contributed by atoms with Gasteiger partial charge >= 0.3 is 0 Å². The van der Waals surface area contributed by atoms with Crippen molar-refractivity contribution in [2.45, 2.75) is 19.4 Å². The first-order valence-corrected chi connectivity index (χ1v) is 5.05. The Balaban J connectivity index is 2.26. The molecule has 12 heavy (non-hydrogen) atoms. The van der Waals surface area contributed by atoms with Gasteiger partial charge in [-0.15, -0.1) is 0 Å². The van der Waals surface area contributed by atoms with Crippen molar-refractivity contribution >= 4 is 17.7 Å². The monoisotopic (exact) mass is 185 g/mol. The Morgan fingerprint density at radius 2 is 2.17 bits per heavy atom. The van der Waals surface area contributed by atoms with Crippen LogP contribution < -0.4 is 5.32 Å². The lowest BCUT2D eigenvalue weighted by molar-refractivity contribution is -0.140. The Labute approximate surface area is 75.5 Å². The highest BCUT2D eigenvalue weighted by molar-refractivity contribution is 8.01. The highest BCUT2D eigenvalue weighted by Gasteiger charge is 2.49. The minimum Gasteiger partial charge on any atom is -0.478 e. The van der Waals surface area contributed by atoms with Crippen LogP contribution in [-0.4, -0.2) is 23.0 Å². The smallest absolute Gasteiger partial charge is 0.270 e. The third-order valence-electron chi connectivity index (χ3n) is 2.26. The zero-order valence-corrected chi connectivity index (χ0v) is 7.96. The molecule has 1 N–H and O–H groups in total. The van der Waals surface area contributed by atoms with Crippen molar-refractivity contribution < 1.29 is 9.53 Å². The third kappa shape index (κ3) is 0.941. The maximum absolute atomic E-state index is 11.5. The van der Waals surface area contributed by atoms with Gasteiger partial charge in [-0.25, -0.2) is 0 Å². The Kier molecular flexibility index (Phi) is 1.61. The van der Waals surface area contributed by atoms with E-state index in [1.165, 1.54) is 0 Å². The molecule has 4 heteroatoms. The van der Waals surface area contributed by atoms with Crippen molar-refractivity contribution in [3.63, 3.8) is 0 Å². The fourth-order valence-electron chi connectivity index (χ4n) is 1.27. The summed E-state index contributed by atoms with van der Waals surface area (Å²) in [5, 5.41) is 2.82. The second kappa shape index (κ2) is 2.42. The van der Waals surface area contributed by atoms with Crippen LogP contribution in [0.1, 0.15) is 13.8 Å². The van der Waals surface area contributed by atoms with Crippen molar-refractivity contribution in [2.75, 3.05) is 11.5 Å². The minimum absolute atomic E-state index is 0.0179. The lowest BCUT2D eigenvalue weighted by atomic mass is 10.1. The Hall–Kier alpha value is -0.640. The number of nitrogens with one attached hydrogen (secondary N) is 1. The summed E-state index contributed by atoms with van der Waals surface area (Å²) in [6.45, 7) is 3.74. The van der Waals surface area contributed by atoms with Gasteiger partial charge in [-0.1, -0.05) is 0 Å². The summed E-state index contributed by atoms with van der Waals surface area (Å²) >= 11 is 1.74. The number of hydrogen-bond acceptors (Lipinski definition) is 3. The first-order chi connectivity index (χ1) is 5.64. The fraction of sp³-hybridized carbons (Fsp3) is 0.625. The Bertz CT molecular complexity index is 268. The zero-order chi connectivity index (χ0) is 8.77. The molecule has 0 bridgehead atoms. The number of carbonyl (C=O) groups is 1. The lowest BCUT2D eigenvalue weighted by Crippen LogP contribution is -2.59. The van der Waals surface area contributed by atoms with Crippen LogP contribution in [0.25, 0.3) is 0 Å². The van der Waals surface area contributed by atoms with Crippen molar-refractivity contribution in [1.82, 2.24) is 5.32 Å². The quantitative estimate of drug-likeness (QED) is 0.608. The van der Waals surface area contributed by atoms with E-state index < -0.39 is 5.60 Å². The van der Waals surface area contributed by atoms with E-state index in [4.69, 9.17) is 4.74 Å². The molecule has 0 atom stereocenters. The topological polar surface area (TPSA) is 38.3 Å². The molecule has 0 aliphatic carbocycles. The molecule has 0 aromatic heterocycles. The van der Waals surface area contributed by atoms with E-state index in [-0.39, 0.29) is 5.91 Å². The summed E-state index contributed by atoms with van der Waals surface area (Å²) in [5.74, 6) is 2.42. The standard InChI is InChI=1S/C8H11NO2S/c1-5-6(2)11-8(3-12-4-8)7(10)9-5/h3-4H2,1-2H3,(H,9,10). The van der Waals surface area contributed by atoms with Crippen LogP contribution in [0.15, 0.2) is 11.5 Å². The van der Waals surface area contributed by atoms with Crippen molar-refractivity contribution in [3.05, 3.63) is 11.5 Å². The summed E-state index contributed by atoms with van der Waals surface area (Å²) in [4.78, 5) is 11.5. The van der Waals surface area contributed by atoms with E-state index in [0.717, 1.165) is 23.0 Å². The summed E-state index contributed by atoms with van der Waals surface area (Å²) in [5.41, 5.74) is 0.302. The van der Waals surface area contributed by atoms with Gasteiger partial charge in [0.05, 0.1) is 5.70 Å². The predicted octanol–water partition coefficient (Wildman–Crippen LogP) is 0.870. The van der Waals surface area contributed by atoms with Gasteiger partial charge in [0.1, 0.15) is 5.76 Å². The van der Waals surface area contributed by atoms with Gasteiger partial charge < -0.3 is 10.1 Å². The first-order valence-electron chi connectivity index (χ1n) is 3.90. The van der Waals surface area contributed by atoms with Gasteiger partial charge in [0.15, 0.2) is 0 Å². The lowest BCUT2D eigenvalue weighted by Gasteiger charge is -2.42. The van der Waals surface area contributed by atoms with Gasteiger partial charge in [0.25, 0.3) is 5.91 Å². The molecular formula is C8H11NO2S. The number of ether oxygens (including phenoxy) is 1. The molecule has 2 rings (SSSR count). The van der Waals surface area contributed by atoms with Crippen LogP contribution in [-0.2, 0) is 9.53 Å². The van der Waals surface area contributed by atoms with Gasteiger partial charge in [-0.3, -0.25) is 4.79 Å². The van der Waals surface area contributed by atoms with Crippen molar-refractivity contribution in [3.8, 4) is 0 Å². The molecule has 0 aromatic rings. The number of hydrogen-bond donors (Lipinski definition) is 1. The largest absolute Gasteiger partial charge is 0.478 e. The van der Waals surface area contributed by atoms with Crippen LogP contribution in [0.5, 0.6) is 0 Å². The number of carbonyl (C=O) groups excluding carboxylic acids is 1. The van der Waals surface area contributed by atoms with Gasteiger partial charge in [0, 0.05) is 11.5 Å². The molecule has 2 aliphatic rings. The summed E-state index contributed by atoms with van der Waals surface area (Å²) in [6, 6.07) is 0. The van der Waals surface area contributed by atoms with E-state index >= 15 is 0 Å². The van der Waals surface area contributed by atoms with E-state index in [2.05, 4.69) is 5.32 Å². The highest BCUT2D eigenvalue weighted by Crippen LogP contribution is 2.37. The Morgan fingerprint density at radius 3 is 2.67 bits per heavy atom. The maximum Gasteiger partial charge on any atom is 0.270 e. The van der Waals surface area contributed by atoms with E-state index in [1.807, 2.05) is 13.8 Å². The minimum atomic E-state index is -0.533. The SMILES string of the molecule is CC1=C(C)OC2(CSC2)C(=O)N1. The second-order valence-corrected chi connectivity index (χ2v) is 4.21. The molecule has 1 fully saturated rings. The summed E-state index contributed by atoms with van der Waals surface area (Å²) in [6.07, 6.45) is 0. The molecule has 2 aliphatic heterocycles. The van der Waals surface area contributed by atoms with E-state index in [9.17, 15) is 4.79 Å². The molecule has 1 spiro atoms. The van der Waals surface area contributed by atoms with Crippen LogP contribution in [0, 0.1) is 0 Å². The van der Waals surface area contributed by atoms with Crippen molar-refractivity contribution in [2.24, 2.45) is 0 Å². The maximum atomic E-state index is 11.5. The van der Waals surface area contributed by atoms with Gasteiger partial charge in [-0.05, 0) is 13.8 Å². The number of thioether (sulfide) groups is 1. The van der Waals surface area contributed by atoms with Crippen LogP contribution in [0.3, 0.4) is 0 Å². The normalized spacial score (nSPS) is 26.3. The molecule has 1 saturated heterocycles. The van der Waals surface area contributed by atoms with Crippen LogP contribution >= 0.6 is 11.8 Å². The first kappa shape index (κ1) is 7.98. The fourth-order valence-corrected chi connectivity index (χ4v) is 2.22. The van der Waals surface area contributed by atoms with Crippen molar-refractivity contribution in [1.29, 1.82) is 0 Å². The zero-order valence-electron chi connectivity index (χ0n) is 7.14. The molecule has 2 heterocycles. The average Bonchev–Trinajstić information content (AvgIpc) is 1.93. The predicted molar refractivity (Wildman–Crippen MR) is 47.7 cm³/mol. The molecule has 0 radical (unpaired) electrons. The van der Waals surface area contributed by atoms with E-state index in [1.54, 1.807) is 11.8 Å². The van der Waals surface area contributed by atoms with Gasteiger partial charge in [0.2, 0.25) is 5.60 Å². The summed E-state index contributed by atoms with van der Waals surface area (Å²) in [7, 11) is 0. The highest BCUT2D eigenvalue weighted by atomic mass is 32.2. The second-order valence-electron chi connectivity index (χ2n) is 3.22. The molecular weight excluding hydrogens is 174 g/mol.